The number of hydrogen-bond acceptors (Lipinski definition) is 6. The fourth-order valence-electron chi connectivity index (χ4n) is 5.42. The Kier molecular flexibility index (Phi) is 9.07. The van der Waals surface area contributed by atoms with E-state index in [0.29, 0.717) is 6.61 Å². The van der Waals surface area contributed by atoms with Crippen molar-refractivity contribution in [3.05, 3.63) is 144 Å². The Labute approximate surface area is 235 Å². The fourth-order valence-corrected chi connectivity index (χ4v) is 5.42. The maximum atomic E-state index is 12.6. The summed E-state index contributed by atoms with van der Waals surface area (Å²) in [6, 6.07) is 38.1. The van der Waals surface area contributed by atoms with Crippen LogP contribution >= 0.6 is 0 Å². The number of hydrogen-bond donors (Lipinski definition) is 3. The van der Waals surface area contributed by atoms with Crippen LogP contribution < -0.4 is 0 Å². The average molecular weight is 541 g/mol. The molecule has 0 bridgehead atoms. The van der Waals surface area contributed by atoms with Crippen LogP contribution in [0.3, 0.4) is 0 Å². The summed E-state index contributed by atoms with van der Waals surface area (Å²) in [5.41, 5.74) is -0.576. The van der Waals surface area contributed by atoms with Crippen molar-refractivity contribution in [3.63, 3.8) is 0 Å². The van der Waals surface area contributed by atoms with Crippen molar-refractivity contribution in [2.45, 2.75) is 55.8 Å². The maximum absolute atomic E-state index is 12.6. The Bertz CT molecular complexity index is 1300. The highest BCUT2D eigenvalue weighted by Crippen LogP contribution is 2.43. The molecule has 5 atom stereocenters. The van der Waals surface area contributed by atoms with Gasteiger partial charge in [0.05, 0.1) is 19.8 Å². The van der Waals surface area contributed by atoms with E-state index in [1.54, 1.807) is 0 Å². The average Bonchev–Trinajstić information content (AvgIpc) is 2.98. The summed E-state index contributed by atoms with van der Waals surface area (Å²) < 4.78 is 18.5. The van der Waals surface area contributed by atoms with Crippen molar-refractivity contribution in [2.24, 2.45) is 0 Å². The van der Waals surface area contributed by atoms with Crippen molar-refractivity contribution >= 4 is 0 Å². The van der Waals surface area contributed by atoms with Crippen LogP contribution in [0.2, 0.25) is 0 Å². The molecule has 0 saturated carbocycles. The molecule has 3 N–H and O–H groups in total. The van der Waals surface area contributed by atoms with Gasteiger partial charge in [-0.2, -0.15) is 0 Å². The minimum absolute atomic E-state index is 0.0340. The zero-order valence-corrected chi connectivity index (χ0v) is 22.4. The lowest BCUT2D eigenvalue weighted by Gasteiger charge is -2.55. The minimum atomic E-state index is -2.08. The van der Waals surface area contributed by atoms with Crippen LogP contribution in [-0.4, -0.2) is 51.6 Å². The third-order valence-electron chi connectivity index (χ3n) is 7.57. The standard InChI is InChI=1S/C34H36O6/c35-32-34(37,22-27-15-7-2-8-16-27)33(36,21-26-13-5-1-6-14-26)31(39-24-29-19-11-4-12-20-29)30(40-32)25-38-23-28-17-9-3-10-18-28/h1-20,30-32,35-37H,21-25H2/t30-,31-,32?,33+,34+/m1/s1. The van der Waals surface area contributed by atoms with Crippen molar-refractivity contribution in [2.75, 3.05) is 6.61 Å². The van der Waals surface area contributed by atoms with E-state index in [1.165, 1.54) is 0 Å². The molecular formula is C34H36O6. The number of ether oxygens (including phenoxy) is 3. The molecule has 1 unspecified atom stereocenters. The molecule has 1 heterocycles. The first-order valence-corrected chi connectivity index (χ1v) is 13.6. The van der Waals surface area contributed by atoms with Gasteiger partial charge in [-0.15, -0.1) is 0 Å². The van der Waals surface area contributed by atoms with Gasteiger partial charge in [-0.25, -0.2) is 0 Å². The van der Waals surface area contributed by atoms with Crippen LogP contribution in [0.25, 0.3) is 0 Å². The summed E-state index contributed by atoms with van der Waals surface area (Å²) >= 11 is 0. The van der Waals surface area contributed by atoms with Gasteiger partial charge in [0.2, 0.25) is 0 Å². The third-order valence-corrected chi connectivity index (χ3v) is 7.57. The Morgan fingerprint density at radius 3 is 1.50 bits per heavy atom. The molecular weight excluding hydrogens is 504 g/mol. The first-order chi connectivity index (χ1) is 19.5. The van der Waals surface area contributed by atoms with Crippen molar-refractivity contribution in [1.82, 2.24) is 0 Å². The van der Waals surface area contributed by atoms with Gasteiger partial charge in [-0.05, 0) is 22.3 Å². The van der Waals surface area contributed by atoms with Crippen LogP contribution in [0.1, 0.15) is 22.3 Å². The molecule has 4 aromatic carbocycles. The lowest BCUT2D eigenvalue weighted by atomic mass is 9.68. The summed E-state index contributed by atoms with van der Waals surface area (Å²) in [6.07, 6.45) is -3.58. The van der Waals surface area contributed by atoms with E-state index >= 15 is 0 Å². The smallest absolute Gasteiger partial charge is 0.187 e. The lowest BCUT2D eigenvalue weighted by Crippen LogP contribution is -2.76. The molecule has 1 saturated heterocycles. The van der Waals surface area contributed by atoms with Gasteiger partial charge < -0.3 is 29.5 Å². The van der Waals surface area contributed by atoms with Gasteiger partial charge in [0, 0.05) is 12.8 Å². The lowest BCUT2D eigenvalue weighted by molar-refractivity contribution is -0.372. The van der Waals surface area contributed by atoms with Crippen LogP contribution in [0, 0.1) is 0 Å². The fraction of sp³-hybridized carbons (Fsp3) is 0.294. The molecule has 0 radical (unpaired) electrons. The SMILES string of the molecule is OC1O[C@H](COCc2ccccc2)[C@@H](OCc2ccccc2)[C@@](O)(Cc2ccccc2)[C@]1(O)Cc1ccccc1. The Morgan fingerprint density at radius 1 is 0.575 bits per heavy atom. The largest absolute Gasteiger partial charge is 0.383 e. The van der Waals surface area contributed by atoms with Crippen LogP contribution in [0.4, 0.5) is 0 Å². The summed E-state index contributed by atoms with van der Waals surface area (Å²) in [7, 11) is 0. The molecule has 6 heteroatoms. The number of aliphatic hydroxyl groups excluding tert-OH is 1. The second-order valence-corrected chi connectivity index (χ2v) is 10.4. The van der Waals surface area contributed by atoms with Gasteiger partial charge in [-0.1, -0.05) is 121 Å². The topological polar surface area (TPSA) is 88.4 Å². The highest BCUT2D eigenvalue weighted by atomic mass is 16.7. The van der Waals surface area contributed by atoms with Crippen LogP contribution in [-0.2, 0) is 40.3 Å². The second-order valence-electron chi connectivity index (χ2n) is 10.4. The highest BCUT2D eigenvalue weighted by molar-refractivity contribution is 5.27. The van der Waals surface area contributed by atoms with Gasteiger partial charge in [0.25, 0.3) is 0 Å². The van der Waals surface area contributed by atoms with E-state index in [1.807, 2.05) is 121 Å². The van der Waals surface area contributed by atoms with E-state index in [0.717, 1.165) is 22.3 Å². The molecule has 0 amide bonds. The third kappa shape index (κ3) is 6.34. The Hall–Kier alpha value is -3.36. The zero-order valence-electron chi connectivity index (χ0n) is 22.4. The molecule has 1 aliphatic heterocycles. The molecule has 0 aromatic heterocycles. The van der Waals surface area contributed by atoms with E-state index in [9.17, 15) is 15.3 Å². The first kappa shape index (κ1) is 28.2. The van der Waals surface area contributed by atoms with Crippen molar-refractivity contribution in [1.29, 1.82) is 0 Å². The molecule has 4 aromatic rings. The summed E-state index contributed by atoms with van der Waals surface area (Å²) in [6.45, 7) is 0.552. The van der Waals surface area contributed by atoms with Crippen LogP contribution in [0.15, 0.2) is 121 Å². The van der Waals surface area contributed by atoms with Gasteiger partial charge in [0.15, 0.2) is 11.9 Å². The van der Waals surface area contributed by atoms with E-state index in [4.69, 9.17) is 14.2 Å². The number of rotatable bonds is 11. The van der Waals surface area contributed by atoms with Crippen LogP contribution in [0.5, 0.6) is 0 Å². The summed E-state index contributed by atoms with van der Waals surface area (Å²) in [5.74, 6) is 0. The molecule has 1 aliphatic rings. The monoisotopic (exact) mass is 540 g/mol. The molecule has 1 fully saturated rings. The van der Waals surface area contributed by atoms with Gasteiger partial charge in [-0.3, -0.25) is 0 Å². The first-order valence-electron chi connectivity index (χ1n) is 13.6. The molecule has 40 heavy (non-hydrogen) atoms. The normalized spacial score (nSPS) is 26.4. The predicted octanol–water partition coefficient (Wildman–Crippen LogP) is 4.45. The van der Waals surface area contributed by atoms with Gasteiger partial charge >= 0.3 is 0 Å². The quantitative estimate of drug-likeness (QED) is 0.261. The predicted molar refractivity (Wildman–Crippen MR) is 152 cm³/mol. The van der Waals surface area contributed by atoms with E-state index in [-0.39, 0.29) is 26.1 Å². The second kappa shape index (κ2) is 12.9. The van der Waals surface area contributed by atoms with Crippen molar-refractivity contribution < 1.29 is 29.5 Å². The molecule has 5 rings (SSSR count). The Morgan fingerprint density at radius 2 is 1.00 bits per heavy atom. The highest BCUT2D eigenvalue weighted by Gasteiger charge is 2.65. The molecule has 6 nitrogen and oxygen atoms in total. The van der Waals surface area contributed by atoms with E-state index in [2.05, 4.69) is 0 Å². The number of aliphatic hydroxyl groups is 3. The Balaban J connectivity index is 1.49. The molecule has 208 valence electrons. The summed E-state index contributed by atoms with van der Waals surface area (Å²) in [4.78, 5) is 0. The van der Waals surface area contributed by atoms with E-state index < -0.39 is 29.7 Å². The van der Waals surface area contributed by atoms with Gasteiger partial charge in [0.1, 0.15) is 17.8 Å². The maximum Gasteiger partial charge on any atom is 0.187 e. The summed E-state index contributed by atoms with van der Waals surface area (Å²) in [5, 5.41) is 36.2. The molecule has 0 spiro atoms. The van der Waals surface area contributed by atoms with Crippen molar-refractivity contribution in [3.8, 4) is 0 Å². The zero-order chi connectivity index (χ0) is 27.8. The number of benzene rings is 4. The minimum Gasteiger partial charge on any atom is -0.383 e. The molecule has 0 aliphatic carbocycles.